The summed E-state index contributed by atoms with van der Waals surface area (Å²) in [7, 11) is 0. The van der Waals surface area contributed by atoms with Crippen molar-refractivity contribution in [1.29, 1.82) is 0 Å². The number of carbonyl (C=O) groups excluding carboxylic acids is 3. The molecule has 1 fully saturated rings. The summed E-state index contributed by atoms with van der Waals surface area (Å²) in [5.41, 5.74) is 3.97. The highest BCUT2D eigenvalue weighted by molar-refractivity contribution is 6.16. The number of halogens is 1. The Kier molecular flexibility index (Phi) is 7.77. The number of benzene rings is 3. The van der Waals surface area contributed by atoms with Gasteiger partial charge in [-0.05, 0) is 67.1 Å². The first-order valence-corrected chi connectivity index (χ1v) is 13.7. The lowest BCUT2D eigenvalue weighted by Gasteiger charge is -2.27. The van der Waals surface area contributed by atoms with Crippen molar-refractivity contribution in [1.82, 2.24) is 10.2 Å². The second-order valence-corrected chi connectivity index (χ2v) is 10.6. The first-order valence-electron chi connectivity index (χ1n) is 13.7. The lowest BCUT2D eigenvalue weighted by Crippen LogP contribution is -2.43. The molecule has 202 valence electrons. The zero-order valence-corrected chi connectivity index (χ0v) is 22.4. The molecule has 1 atom stereocenters. The van der Waals surface area contributed by atoms with Crippen LogP contribution in [-0.2, 0) is 11.3 Å². The van der Waals surface area contributed by atoms with E-state index in [4.69, 9.17) is 0 Å². The van der Waals surface area contributed by atoms with Crippen molar-refractivity contribution >= 4 is 23.4 Å². The summed E-state index contributed by atoms with van der Waals surface area (Å²) in [5.74, 6) is -1.39. The summed E-state index contributed by atoms with van der Waals surface area (Å²) in [4.78, 5) is 43.0. The van der Waals surface area contributed by atoms with Gasteiger partial charge in [-0.25, -0.2) is 4.39 Å². The van der Waals surface area contributed by atoms with Crippen molar-refractivity contribution in [3.05, 3.63) is 99.9 Å². The van der Waals surface area contributed by atoms with E-state index in [0.29, 0.717) is 22.4 Å². The van der Waals surface area contributed by atoms with Gasteiger partial charge >= 0.3 is 0 Å². The van der Waals surface area contributed by atoms with Gasteiger partial charge in [0.25, 0.3) is 11.8 Å². The molecule has 6 nitrogen and oxygen atoms in total. The Morgan fingerprint density at radius 1 is 0.897 bits per heavy atom. The molecule has 5 rings (SSSR count). The number of amides is 3. The maximum Gasteiger partial charge on any atom is 0.256 e. The number of fused-ring (bicyclic) bond motifs is 1. The van der Waals surface area contributed by atoms with Gasteiger partial charge in [0, 0.05) is 18.3 Å². The fraction of sp³-hybridized carbons (Fsp3) is 0.344. The number of anilines is 1. The van der Waals surface area contributed by atoms with Crippen LogP contribution in [0.2, 0.25) is 0 Å². The fourth-order valence-electron chi connectivity index (χ4n) is 5.74. The maximum absolute atomic E-state index is 14.0. The summed E-state index contributed by atoms with van der Waals surface area (Å²) >= 11 is 0. The number of hydrogen-bond donors (Lipinski definition) is 2. The largest absolute Gasteiger partial charge is 0.351 e. The Bertz CT molecular complexity index is 1390. The molecule has 1 heterocycles. The van der Waals surface area contributed by atoms with Gasteiger partial charge in [-0.3, -0.25) is 14.4 Å². The number of nitrogens with one attached hydrogen (secondary N) is 2. The van der Waals surface area contributed by atoms with Crippen molar-refractivity contribution < 1.29 is 18.8 Å². The number of para-hydroxylation sites is 1. The van der Waals surface area contributed by atoms with Crippen molar-refractivity contribution in [2.24, 2.45) is 0 Å². The molecule has 2 aliphatic rings. The number of hydrogen-bond acceptors (Lipinski definition) is 3. The number of aryl methyl sites for hydroxylation is 2. The first kappa shape index (κ1) is 26.6. The van der Waals surface area contributed by atoms with Crippen molar-refractivity contribution in [3.63, 3.8) is 0 Å². The molecule has 0 spiro atoms. The first-order chi connectivity index (χ1) is 18.8. The Morgan fingerprint density at radius 3 is 2.28 bits per heavy atom. The molecule has 1 aliphatic carbocycles. The van der Waals surface area contributed by atoms with E-state index in [1.165, 1.54) is 17.0 Å². The molecule has 7 heteroatoms. The van der Waals surface area contributed by atoms with Crippen molar-refractivity contribution in [2.75, 3.05) is 5.32 Å². The van der Waals surface area contributed by atoms with Crippen LogP contribution < -0.4 is 10.6 Å². The van der Waals surface area contributed by atoms with Gasteiger partial charge in [-0.15, -0.1) is 0 Å². The molecular weight excluding hydrogens is 493 g/mol. The third kappa shape index (κ3) is 5.58. The molecule has 0 aromatic heterocycles. The molecule has 1 aliphatic heterocycles. The predicted molar refractivity (Wildman–Crippen MR) is 149 cm³/mol. The minimum absolute atomic E-state index is 0.0566. The standard InChI is InChI=1S/C32H34FN3O3/c1-20-9-7-8-12-26(20)35-30(37)27-21(2)13-18-25-28(27)32(39)36(19-22-14-16-23(33)17-15-22)29(25)31(38)34-24-10-5-3-4-6-11-24/h7-9,12-18,24,29H,3-6,10-11,19H2,1-2H3,(H,34,38)(H,35,37). The molecule has 3 aromatic rings. The average Bonchev–Trinajstić information content (AvgIpc) is 3.05. The molecular formula is C32H34FN3O3. The highest BCUT2D eigenvalue weighted by Crippen LogP contribution is 2.39. The van der Waals surface area contributed by atoms with Crippen molar-refractivity contribution in [2.45, 2.75) is 71.0 Å². The van der Waals surface area contributed by atoms with E-state index in [1.807, 2.05) is 31.2 Å². The zero-order chi connectivity index (χ0) is 27.5. The van der Waals surface area contributed by atoms with Gasteiger partial charge < -0.3 is 15.5 Å². The Balaban J connectivity index is 1.53. The number of carbonyl (C=O) groups is 3. The van der Waals surface area contributed by atoms with E-state index in [0.717, 1.165) is 44.1 Å². The van der Waals surface area contributed by atoms with Crippen LogP contribution >= 0.6 is 0 Å². The van der Waals surface area contributed by atoms with Gasteiger partial charge in [0.1, 0.15) is 11.9 Å². The van der Waals surface area contributed by atoms with Gasteiger partial charge in [0.05, 0.1) is 11.1 Å². The summed E-state index contributed by atoms with van der Waals surface area (Å²) in [5, 5.41) is 6.16. The minimum Gasteiger partial charge on any atom is -0.351 e. The monoisotopic (exact) mass is 527 g/mol. The summed E-state index contributed by atoms with van der Waals surface area (Å²) < 4.78 is 13.6. The van der Waals surface area contributed by atoms with Crippen LogP contribution in [-0.4, -0.2) is 28.7 Å². The SMILES string of the molecule is Cc1ccccc1NC(=O)c1c(C)ccc2c1C(=O)N(Cc1ccc(F)cc1)C2C(=O)NC1CCCCCC1. The highest BCUT2D eigenvalue weighted by Gasteiger charge is 2.44. The third-order valence-electron chi connectivity index (χ3n) is 7.86. The van der Waals surface area contributed by atoms with Gasteiger partial charge in [0.2, 0.25) is 5.91 Å². The van der Waals surface area contributed by atoms with E-state index < -0.39 is 11.9 Å². The van der Waals surface area contributed by atoms with Gasteiger partial charge in [-0.1, -0.05) is 68.1 Å². The van der Waals surface area contributed by atoms with Gasteiger partial charge in [0.15, 0.2) is 0 Å². The average molecular weight is 528 g/mol. The maximum atomic E-state index is 14.0. The third-order valence-corrected chi connectivity index (χ3v) is 7.86. The summed E-state index contributed by atoms with van der Waals surface area (Å²) in [6.45, 7) is 3.82. The van der Waals surface area contributed by atoms with Crippen LogP contribution in [0.3, 0.4) is 0 Å². The van der Waals surface area contributed by atoms with Crippen LogP contribution in [0.4, 0.5) is 10.1 Å². The predicted octanol–water partition coefficient (Wildman–Crippen LogP) is 6.23. The topological polar surface area (TPSA) is 78.5 Å². The lowest BCUT2D eigenvalue weighted by atomic mass is 9.94. The van der Waals surface area contributed by atoms with Crippen LogP contribution in [0.25, 0.3) is 0 Å². The molecule has 39 heavy (non-hydrogen) atoms. The molecule has 0 bridgehead atoms. The quantitative estimate of drug-likeness (QED) is 0.373. The zero-order valence-electron chi connectivity index (χ0n) is 22.4. The molecule has 0 saturated heterocycles. The van der Waals surface area contributed by atoms with Crippen molar-refractivity contribution in [3.8, 4) is 0 Å². The fourth-order valence-corrected chi connectivity index (χ4v) is 5.74. The van der Waals surface area contributed by atoms with Crippen LogP contribution in [0.15, 0.2) is 60.7 Å². The molecule has 2 N–H and O–H groups in total. The van der Waals surface area contributed by atoms with E-state index in [-0.39, 0.29) is 41.3 Å². The Morgan fingerprint density at radius 2 is 1.59 bits per heavy atom. The van der Waals surface area contributed by atoms with Gasteiger partial charge in [-0.2, -0.15) is 0 Å². The van der Waals surface area contributed by atoms with Crippen LogP contribution in [0.1, 0.15) is 87.5 Å². The Labute approximate surface area is 228 Å². The molecule has 1 saturated carbocycles. The number of rotatable bonds is 6. The van der Waals surface area contributed by atoms with E-state index in [1.54, 1.807) is 31.2 Å². The van der Waals surface area contributed by atoms with Crippen LogP contribution in [0, 0.1) is 19.7 Å². The molecule has 1 unspecified atom stereocenters. The molecule has 3 amide bonds. The molecule has 0 radical (unpaired) electrons. The van der Waals surface area contributed by atoms with E-state index in [9.17, 15) is 18.8 Å². The second kappa shape index (κ2) is 11.4. The van der Waals surface area contributed by atoms with Crippen LogP contribution in [0.5, 0.6) is 0 Å². The molecule has 3 aromatic carbocycles. The minimum atomic E-state index is -0.883. The summed E-state index contributed by atoms with van der Waals surface area (Å²) in [6.07, 6.45) is 6.27. The smallest absolute Gasteiger partial charge is 0.256 e. The highest BCUT2D eigenvalue weighted by atomic mass is 19.1. The second-order valence-electron chi connectivity index (χ2n) is 10.6. The van der Waals surface area contributed by atoms with E-state index >= 15 is 0 Å². The Hall–Kier alpha value is -4.00. The number of nitrogens with zero attached hydrogens (tertiary/aromatic N) is 1. The lowest BCUT2D eigenvalue weighted by molar-refractivity contribution is -0.126. The van der Waals surface area contributed by atoms with E-state index in [2.05, 4.69) is 10.6 Å². The normalized spacial score (nSPS) is 17.5. The summed E-state index contributed by atoms with van der Waals surface area (Å²) in [6, 6.07) is 16.1.